The van der Waals surface area contributed by atoms with Crippen molar-refractivity contribution in [3.05, 3.63) is 234 Å². The Kier molecular flexibility index (Phi) is 16.5. The molecule has 0 atom stereocenters. The first-order valence-corrected chi connectivity index (χ1v) is 15.9. The summed E-state index contributed by atoms with van der Waals surface area (Å²) in [5.41, 5.74) is 3.15. The predicted molar refractivity (Wildman–Crippen MR) is 196 cm³/mol. The van der Waals surface area contributed by atoms with Crippen molar-refractivity contribution in [2.45, 2.75) is 0 Å². The fourth-order valence-electron chi connectivity index (χ4n) is 4.47. The zero-order valence-corrected chi connectivity index (χ0v) is 29.0. The van der Waals surface area contributed by atoms with Crippen molar-refractivity contribution in [3.63, 3.8) is 0 Å². The van der Waals surface area contributed by atoms with Crippen LogP contribution in [-0.2, 0) is 17.1 Å². The predicted octanol–water partition coefficient (Wildman–Crippen LogP) is 6.81. The maximum absolute atomic E-state index is 11.8. The molecular weight excluding hydrogens is 692 g/mol. The van der Waals surface area contributed by atoms with Gasteiger partial charge in [-0.05, 0) is 34.9 Å². The van der Waals surface area contributed by atoms with Crippen LogP contribution in [0.25, 0.3) is 17.3 Å². The summed E-state index contributed by atoms with van der Waals surface area (Å²) < 4.78 is 0. The number of carbonyl (C=O) groups is 3. The van der Waals surface area contributed by atoms with E-state index in [1.807, 2.05) is 36.4 Å². The first-order chi connectivity index (χ1) is 24.8. The summed E-state index contributed by atoms with van der Waals surface area (Å²) >= 11 is 0. The molecule has 0 heterocycles. The minimum atomic E-state index is -0.264. The molecule has 0 aliphatic rings. The van der Waals surface area contributed by atoms with E-state index in [1.54, 1.807) is 146 Å². The summed E-state index contributed by atoms with van der Waals surface area (Å²) in [4.78, 5) is 35.3. The van der Waals surface area contributed by atoms with Crippen molar-refractivity contribution < 1.29 is 46.8 Å². The number of ketones is 3. The molecule has 0 unspecified atom stereocenters. The SMILES string of the molecule is O=C(/C=C(/[O-])c1ccccc1)c1ccccc1.O=C(/C=C(/[O-])c1ccccc1)c1ccccc1.O=C(/C=C(\[O-])c1ccccc1)c1ccccc1.[Fe+3]. The van der Waals surface area contributed by atoms with Gasteiger partial charge >= 0.3 is 17.1 Å². The van der Waals surface area contributed by atoms with E-state index in [4.69, 9.17) is 0 Å². The van der Waals surface area contributed by atoms with Gasteiger partial charge in [0.05, 0.1) is 0 Å². The molecule has 0 amide bonds. The van der Waals surface area contributed by atoms with Crippen molar-refractivity contribution >= 4 is 34.6 Å². The van der Waals surface area contributed by atoms with Crippen LogP contribution in [0.15, 0.2) is 200 Å². The molecule has 0 spiro atoms. The zero-order chi connectivity index (χ0) is 36.3. The Bertz CT molecular complexity index is 1830. The topological polar surface area (TPSA) is 120 Å². The normalized spacial score (nSPS) is 11.0. The Morgan fingerprint density at radius 2 is 0.442 bits per heavy atom. The average Bonchev–Trinajstić information content (AvgIpc) is 3.20. The molecule has 6 rings (SSSR count). The molecule has 0 bridgehead atoms. The number of rotatable bonds is 9. The van der Waals surface area contributed by atoms with Crippen LogP contribution >= 0.6 is 0 Å². The van der Waals surface area contributed by atoms with E-state index in [-0.39, 0.29) is 51.7 Å². The van der Waals surface area contributed by atoms with Gasteiger partial charge in [0.2, 0.25) is 0 Å². The summed E-state index contributed by atoms with van der Waals surface area (Å²) in [5.74, 6) is -1.59. The maximum Gasteiger partial charge on any atom is 3.00 e. The second kappa shape index (κ2) is 21.5. The van der Waals surface area contributed by atoms with Gasteiger partial charge in [-0.3, -0.25) is 14.4 Å². The van der Waals surface area contributed by atoms with Crippen molar-refractivity contribution in [2.24, 2.45) is 0 Å². The minimum absolute atomic E-state index is 0. The molecule has 52 heavy (non-hydrogen) atoms. The van der Waals surface area contributed by atoms with Gasteiger partial charge in [0, 0.05) is 16.7 Å². The van der Waals surface area contributed by atoms with Gasteiger partial charge in [0.25, 0.3) is 0 Å². The summed E-state index contributed by atoms with van der Waals surface area (Å²) in [6.07, 6.45) is 3.39. The third kappa shape index (κ3) is 13.1. The van der Waals surface area contributed by atoms with Crippen LogP contribution < -0.4 is 15.3 Å². The van der Waals surface area contributed by atoms with E-state index < -0.39 is 0 Å². The van der Waals surface area contributed by atoms with E-state index >= 15 is 0 Å². The number of allylic oxidation sites excluding steroid dienone is 3. The van der Waals surface area contributed by atoms with Gasteiger partial charge in [-0.1, -0.05) is 199 Å². The van der Waals surface area contributed by atoms with E-state index in [1.165, 1.54) is 0 Å². The second-order valence-corrected chi connectivity index (χ2v) is 10.8. The quantitative estimate of drug-likeness (QED) is 0.0700. The smallest absolute Gasteiger partial charge is 0.872 e. The van der Waals surface area contributed by atoms with Crippen LogP contribution in [0.1, 0.15) is 47.8 Å². The Hall–Kier alpha value is -6.53. The standard InChI is InChI=1S/3C15H12O2.Fe/c3*16-14(12-7-3-1-4-8-12)11-15(17)13-9-5-2-6-10-13;/h3*1-11,16H;/q;;;+3/p-3/b2*14-11+;14-11-;. The van der Waals surface area contributed by atoms with Gasteiger partial charge in [-0.15, -0.1) is 0 Å². The van der Waals surface area contributed by atoms with Crippen LogP contribution in [0.2, 0.25) is 0 Å². The molecule has 0 aliphatic carbocycles. The van der Waals surface area contributed by atoms with E-state index in [0.717, 1.165) is 18.2 Å². The Balaban J connectivity index is 0.000000208. The van der Waals surface area contributed by atoms with Crippen LogP contribution in [-0.4, -0.2) is 17.3 Å². The molecule has 6 aromatic rings. The molecule has 6 nitrogen and oxygen atoms in total. The molecule has 257 valence electrons. The minimum Gasteiger partial charge on any atom is -0.872 e. The van der Waals surface area contributed by atoms with Crippen molar-refractivity contribution in [1.29, 1.82) is 0 Å². The second-order valence-electron chi connectivity index (χ2n) is 10.8. The third-order valence-corrected chi connectivity index (χ3v) is 7.14. The van der Waals surface area contributed by atoms with Gasteiger partial charge in [-0.25, -0.2) is 0 Å². The van der Waals surface area contributed by atoms with Gasteiger partial charge in [0.1, 0.15) is 0 Å². The maximum atomic E-state index is 11.8. The van der Waals surface area contributed by atoms with E-state index in [0.29, 0.717) is 33.4 Å². The molecule has 0 saturated heterocycles. The molecule has 7 heteroatoms. The molecular formula is C45H33FeO6. The van der Waals surface area contributed by atoms with E-state index in [2.05, 4.69) is 0 Å². The fraction of sp³-hybridized carbons (Fsp3) is 0. The average molecular weight is 726 g/mol. The van der Waals surface area contributed by atoms with Gasteiger partial charge in [0.15, 0.2) is 17.3 Å². The van der Waals surface area contributed by atoms with Crippen LogP contribution in [0.4, 0.5) is 0 Å². The fourth-order valence-corrected chi connectivity index (χ4v) is 4.47. The summed E-state index contributed by atoms with van der Waals surface area (Å²) in [7, 11) is 0. The molecule has 0 aromatic heterocycles. The Labute approximate surface area is 313 Å². The first-order valence-electron chi connectivity index (χ1n) is 15.9. The molecule has 6 aromatic carbocycles. The molecule has 0 fully saturated rings. The number of benzene rings is 6. The summed E-state index contributed by atoms with van der Waals surface area (Å²) in [6.45, 7) is 0. The van der Waals surface area contributed by atoms with Crippen LogP contribution in [0.5, 0.6) is 0 Å². The number of carbonyl (C=O) groups excluding carboxylic acids is 3. The van der Waals surface area contributed by atoms with Gasteiger partial charge < -0.3 is 15.3 Å². The summed E-state index contributed by atoms with van der Waals surface area (Å²) in [5, 5.41) is 35.3. The summed E-state index contributed by atoms with van der Waals surface area (Å²) in [6, 6.07) is 52.5. The number of hydrogen-bond acceptors (Lipinski definition) is 6. The Morgan fingerprint density at radius 3 is 0.615 bits per heavy atom. The Morgan fingerprint density at radius 1 is 0.288 bits per heavy atom. The largest absolute Gasteiger partial charge is 3.00 e. The van der Waals surface area contributed by atoms with Crippen LogP contribution in [0.3, 0.4) is 0 Å². The molecule has 1 radical (unpaired) electrons. The van der Waals surface area contributed by atoms with Crippen LogP contribution in [0, 0.1) is 0 Å². The molecule has 0 N–H and O–H groups in total. The third-order valence-electron chi connectivity index (χ3n) is 7.14. The van der Waals surface area contributed by atoms with Crippen molar-refractivity contribution in [3.8, 4) is 0 Å². The number of hydrogen-bond donors (Lipinski definition) is 0. The molecule has 0 aliphatic heterocycles. The van der Waals surface area contributed by atoms with Crippen molar-refractivity contribution in [2.75, 3.05) is 0 Å². The monoisotopic (exact) mass is 725 g/mol. The van der Waals surface area contributed by atoms with Crippen molar-refractivity contribution in [1.82, 2.24) is 0 Å². The van der Waals surface area contributed by atoms with E-state index in [9.17, 15) is 29.7 Å². The molecule has 0 saturated carbocycles. The van der Waals surface area contributed by atoms with Gasteiger partial charge in [-0.2, -0.15) is 0 Å². The first kappa shape index (κ1) is 39.9. The zero-order valence-electron chi connectivity index (χ0n) is 27.9.